The first-order valence-corrected chi connectivity index (χ1v) is 9.08. The first-order valence-electron chi connectivity index (χ1n) is 8.70. The molecular weight excluding hydrogens is 382 g/mol. The summed E-state index contributed by atoms with van der Waals surface area (Å²) in [6, 6.07) is 12.5. The summed E-state index contributed by atoms with van der Waals surface area (Å²) < 4.78 is 16.0. The highest BCUT2D eigenvalue weighted by Gasteiger charge is 2.34. The van der Waals surface area contributed by atoms with E-state index < -0.39 is 0 Å². The molecule has 0 radical (unpaired) electrons. The number of carbonyl (C=O) groups is 1. The lowest BCUT2D eigenvalue weighted by atomic mass is 10.1. The van der Waals surface area contributed by atoms with Crippen LogP contribution in [-0.2, 0) is 4.79 Å². The van der Waals surface area contributed by atoms with E-state index in [0.29, 0.717) is 46.8 Å². The van der Waals surface area contributed by atoms with Crippen molar-refractivity contribution in [3.8, 4) is 23.0 Å². The molecule has 2 aromatic carbocycles. The molecule has 1 aliphatic rings. The van der Waals surface area contributed by atoms with Gasteiger partial charge in [-0.15, -0.1) is 0 Å². The summed E-state index contributed by atoms with van der Waals surface area (Å²) in [7, 11) is 3.15. The Labute approximate surface area is 166 Å². The number of aromatic nitrogens is 2. The maximum absolute atomic E-state index is 12.5. The molecule has 0 aliphatic carbocycles. The van der Waals surface area contributed by atoms with Gasteiger partial charge in [0.05, 0.1) is 14.2 Å². The zero-order valence-electron chi connectivity index (χ0n) is 15.4. The van der Waals surface area contributed by atoms with Gasteiger partial charge in [-0.1, -0.05) is 16.8 Å². The number of benzene rings is 2. The standard InChI is InChI=1S/C20H18ClN3O4/c1-26-16-7-12(8-17(10-16)27-2)20-22-19(23-28-20)13-9-18(25)24(11-13)15-5-3-14(21)4-6-15/h3-8,10,13H,9,11H2,1-2H3/t13-/m1/s1. The van der Waals surface area contributed by atoms with Gasteiger partial charge in [-0.05, 0) is 36.4 Å². The Kier molecular flexibility index (Phi) is 4.92. The van der Waals surface area contributed by atoms with E-state index in [1.165, 1.54) is 0 Å². The van der Waals surface area contributed by atoms with Crippen LogP contribution in [0.25, 0.3) is 11.5 Å². The van der Waals surface area contributed by atoms with E-state index >= 15 is 0 Å². The van der Waals surface area contributed by atoms with Crippen LogP contribution >= 0.6 is 11.6 Å². The normalized spacial score (nSPS) is 16.5. The van der Waals surface area contributed by atoms with E-state index in [2.05, 4.69) is 10.1 Å². The average Bonchev–Trinajstić information content (AvgIpc) is 3.35. The van der Waals surface area contributed by atoms with Crippen molar-refractivity contribution in [2.45, 2.75) is 12.3 Å². The molecule has 1 fully saturated rings. The van der Waals surface area contributed by atoms with Crippen molar-refractivity contribution in [3.05, 3.63) is 53.3 Å². The molecular formula is C20H18ClN3O4. The van der Waals surface area contributed by atoms with Gasteiger partial charge in [-0.2, -0.15) is 4.98 Å². The van der Waals surface area contributed by atoms with Crippen molar-refractivity contribution < 1.29 is 18.8 Å². The number of methoxy groups -OCH3 is 2. The molecule has 144 valence electrons. The molecule has 1 saturated heterocycles. The predicted octanol–water partition coefficient (Wildman–Crippen LogP) is 3.93. The molecule has 1 aromatic heterocycles. The third kappa shape index (κ3) is 3.53. The van der Waals surface area contributed by atoms with E-state index in [-0.39, 0.29) is 11.8 Å². The average molecular weight is 400 g/mol. The molecule has 1 amide bonds. The smallest absolute Gasteiger partial charge is 0.258 e. The van der Waals surface area contributed by atoms with Crippen LogP contribution in [0, 0.1) is 0 Å². The summed E-state index contributed by atoms with van der Waals surface area (Å²) >= 11 is 5.93. The van der Waals surface area contributed by atoms with Crippen LogP contribution in [0.3, 0.4) is 0 Å². The molecule has 0 saturated carbocycles. The number of nitrogens with zero attached hydrogens (tertiary/aromatic N) is 3. The first-order chi connectivity index (χ1) is 13.6. The summed E-state index contributed by atoms with van der Waals surface area (Å²) in [6.45, 7) is 0.487. The lowest BCUT2D eigenvalue weighted by Gasteiger charge is -2.16. The van der Waals surface area contributed by atoms with Gasteiger partial charge in [0.2, 0.25) is 5.91 Å². The van der Waals surface area contributed by atoms with Crippen molar-refractivity contribution in [2.24, 2.45) is 0 Å². The maximum atomic E-state index is 12.5. The number of anilines is 1. The van der Waals surface area contributed by atoms with Gasteiger partial charge in [-0.25, -0.2) is 0 Å². The van der Waals surface area contributed by atoms with Crippen molar-refractivity contribution in [1.29, 1.82) is 0 Å². The van der Waals surface area contributed by atoms with Crippen molar-refractivity contribution in [3.63, 3.8) is 0 Å². The molecule has 4 rings (SSSR count). The molecule has 0 N–H and O–H groups in total. The van der Waals surface area contributed by atoms with Gasteiger partial charge in [0, 0.05) is 41.2 Å². The van der Waals surface area contributed by atoms with Gasteiger partial charge in [0.25, 0.3) is 5.89 Å². The van der Waals surface area contributed by atoms with Crippen molar-refractivity contribution in [2.75, 3.05) is 25.7 Å². The van der Waals surface area contributed by atoms with Crippen LogP contribution in [0.4, 0.5) is 5.69 Å². The second-order valence-electron chi connectivity index (χ2n) is 6.44. The van der Waals surface area contributed by atoms with Crippen molar-refractivity contribution in [1.82, 2.24) is 10.1 Å². The number of carbonyl (C=O) groups excluding carboxylic acids is 1. The Hall–Kier alpha value is -3.06. The van der Waals surface area contributed by atoms with Crippen LogP contribution in [-0.4, -0.2) is 36.8 Å². The fourth-order valence-electron chi connectivity index (χ4n) is 3.20. The monoisotopic (exact) mass is 399 g/mol. The van der Waals surface area contributed by atoms with Gasteiger partial charge in [0.15, 0.2) is 5.82 Å². The van der Waals surface area contributed by atoms with E-state index in [0.717, 1.165) is 5.69 Å². The highest BCUT2D eigenvalue weighted by Crippen LogP contribution is 2.33. The van der Waals surface area contributed by atoms with Crippen LogP contribution in [0.1, 0.15) is 18.2 Å². The third-order valence-corrected chi connectivity index (χ3v) is 4.92. The number of rotatable bonds is 5. The molecule has 2 heterocycles. The fraction of sp³-hybridized carbons (Fsp3) is 0.250. The molecule has 0 unspecified atom stereocenters. The van der Waals surface area contributed by atoms with E-state index in [1.807, 2.05) is 12.1 Å². The quantitative estimate of drug-likeness (QED) is 0.647. The summed E-state index contributed by atoms with van der Waals surface area (Å²) in [5.74, 6) is 1.97. The minimum Gasteiger partial charge on any atom is -0.497 e. The molecule has 8 heteroatoms. The zero-order valence-corrected chi connectivity index (χ0v) is 16.1. The Balaban J connectivity index is 1.57. The molecule has 28 heavy (non-hydrogen) atoms. The highest BCUT2D eigenvalue weighted by atomic mass is 35.5. The number of amides is 1. The molecule has 3 aromatic rings. The molecule has 0 bridgehead atoms. The van der Waals surface area contributed by atoms with E-state index in [1.54, 1.807) is 49.5 Å². The van der Waals surface area contributed by atoms with Gasteiger partial charge in [-0.3, -0.25) is 4.79 Å². The Morgan fingerprint density at radius 2 is 1.79 bits per heavy atom. The Bertz CT molecular complexity index is 981. The second kappa shape index (κ2) is 7.52. The van der Waals surface area contributed by atoms with Crippen LogP contribution in [0.5, 0.6) is 11.5 Å². The topological polar surface area (TPSA) is 77.7 Å². The summed E-state index contributed by atoms with van der Waals surface area (Å²) in [6.07, 6.45) is 0.322. The fourth-order valence-corrected chi connectivity index (χ4v) is 3.33. The Morgan fingerprint density at radius 3 is 2.43 bits per heavy atom. The zero-order chi connectivity index (χ0) is 19.7. The second-order valence-corrected chi connectivity index (χ2v) is 6.88. The van der Waals surface area contributed by atoms with Crippen LogP contribution < -0.4 is 14.4 Å². The number of hydrogen-bond acceptors (Lipinski definition) is 6. The van der Waals surface area contributed by atoms with Crippen LogP contribution in [0.15, 0.2) is 47.0 Å². The lowest BCUT2D eigenvalue weighted by Crippen LogP contribution is -2.24. The highest BCUT2D eigenvalue weighted by molar-refractivity contribution is 6.30. The minimum absolute atomic E-state index is 0.0155. The summed E-state index contributed by atoms with van der Waals surface area (Å²) in [5, 5.41) is 4.72. The molecule has 0 spiro atoms. The number of hydrogen-bond donors (Lipinski definition) is 0. The predicted molar refractivity (Wildman–Crippen MR) is 104 cm³/mol. The SMILES string of the molecule is COc1cc(OC)cc(-c2nc([C@@H]3CC(=O)N(c4ccc(Cl)cc4)C3)no2)c1. The molecule has 1 aliphatic heterocycles. The molecule has 1 atom stereocenters. The van der Waals surface area contributed by atoms with E-state index in [9.17, 15) is 4.79 Å². The summed E-state index contributed by atoms with van der Waals surface area (Å²) in [5.41, 5.74) is 1.49. The maximum Gasteiger partial charge on any atom is 0.258 e. The molecule has 7 nitrogen and oxygen atoms in total. The number of halogens is 1. The summed E-state index contributed by atoms with van der Waals surface area (Å²) in [4.78, 5) is 18.7. The van der Waals surface area contributed by atoms with Gasteiger partial charge in [0.1, 0.15) is 11.5 Å². The third-order valence-electron chi connectivity index (χ3n) is 4.67. The largest absolute Gasteiger partial charge is 0.497 e. The Morgan fingerprint density at radius 1 is 1.11 bits per heavy atom. The van der Waals surface area contributed by atoms with Gasteiger partial charge >= 0.3 is 0 Å². The van der Waals surface area contributed by atoms with Crippen LogP contribution in [0.2, 0.25) is 5.02 Å². The van der Waals surface area contributed by atoms with Crippen molar-refractivity contribution >= 4 is 23.2 Å². The van der Waals surface area contributed by atoms with Gasteiger partial charge < -0.3 is 18.9 Å². The lowest BCUT2D eigenvalue weighted by molar-refractivity contribution is -0.117. The van der Waals surface area contributed by atoms with E-state index in [4.69, 9.17) is 25.6 Å². The number of ether oxygens (including phenoxy) is 2. The minimum atomic E-state index is -0.145. The first kappa shape index (κ1) is 18.3.